The maximum absolute atomic E-state index is 5.36. The molecule has 0 aromatic carbocycles. The summed E-state index contributed by atoms with van der Waals surface area (Å²) in [5.74, 6) is 0.803. The van der Waals surface area contributed by atoms with E-state index in [0.29, 0.717) is 6.54 Å². The lowest BCUT2D eigenvalue weighted by Crippen LogP contribution is -2.44. The number of imidazole rings is 1. The molecule has 1 fully saturated rings. The highest BCUT2D eigenvalue weighted by Gasteiger charge is 2.10. The Labute approximate surface area is 142 Å². The van der Waals surface area contributed by atoms with Gasteiger partial charge in [-0.2, -0.15) is 0 Å². The van der Waals surface area contributed by atoms with Gasteiger partial charge < -0.3 is 19.8 Å². The second-order valence-electron chi connectivity index (χ2n) is 5.93. The zero-order valence-corrected chi connectivity index (χ0v) is 14.5. The van der Waals surface area contributed by atoms with Gasteiger partial charge in [-0.1, -0.05) is 6.07 Å². The molecular weight excluding hydrogens is 304 g/mol. The van der Waals surface area contributed by atoms with E-state index in [0.717, 1.165) is 56.7 Å². The molecule has 130 valence electrons. The summed E-state index contributed by atoms with van der Waals surface area (Å²) in [4.78, 5) is 11.3. The first kappa shape index (κ1) is 16.7. The summed E-state index contributed by atoms with van der Waals surface area (Å²) < 4.78 is 7.46. The van der Waals surface area contributed by atoms with Gasteiger partial charge >= 0.3 is 0 Å². The lowest BCUT2D eigenvalue weighted by atomic mass is 10.4. The molecule has 1 aliphatic rings. The highest BCUT2D eigenvalue weighted by Crippen LogP contribution is 2.08. The number of nitrogens with zero attached hydrogens (tertiary/aromatic N) is 4. The van der Waals surface area contributed by atoms with Crippen LogP contribution < -0.4 is 10.6 Å². The van der Waals surface area contributed by atoms with Crippen molar-refractivity contribution in [3.63, 3.8) is 0 Å². The van der Waals surface area contributed by atoms with Gasteiger partial charge in [0.05, 0.1) is 25.5 Å². The number of hydrogen-bond donors (Lipinski definition) is 2. The number of aliphatic imine (C=N–C) groups is 1. The quantitative estimate of drug-likeness (QED) is 0.622. The molecule has 0 amide bonds. The van der Waals surface area contributed by atoms with Gasteiger partial charge in [-0.3, -0.25) is 9.89 Å². The predicted octanol–water partition coefficient (Wildman–Crippen LogP) is 0.640. The van der Waals surface area contributed by atoms with Crippen LogP contribution in [0.5, 0.6) is 0 Å². The van der Waals surface area contributed by atoms with Crippen LogP contribution in [0.4, 0.5) is 0 Å². The summed E-state index contributed by atoms with van der Waals surface area (Å²) in [6.07, 6.45) is 2.07. The van der Waals surface area contributed by atoms with E-state index in [-0.39, 0.29) is 0 Å². The smallest absolute Gasteiger partial charge is 0.191 e. The number of pyridine rings is 1. The number of fused-ring (bicyclic) bond motifs is 1. The van der Waals surface area contributed by atoms with Gasteiger partial charge in [-0.15, -0.1) is 0 Å². The molecule has 3 rings (SSSR count). The minimum Gasteiger partial charge on any atom is -0.379 e. The Morgan fingerprint density at radius 1 is 1.29 bits per heavy atom. The number of guanidine groups is 1. The molecule has 0 bridgehead atoms. The van der Waals surface area contributed by atoms with E-state index < -0.39 is 0 Å². The fourth-order valence-corrected chi connectivity index (χ4v) is 2.84. The minimum atomic E-state index is 0.651. The van der Waals surface area contributed by atoms with Crippen molar-refractivity contribution < 1.29 is 4.74 Å². The molecule has 0 radical (unpaired) electrons. The Kier molecular flexibility index (Phi) is 5.66. The fraction of sp³-hybridized carbons (Fsp3) is 0.529. The molecule has 0 aliphatic carbocycles. The van der Waals surface area contributed by atoms with Crippen molar-refractivity contribution in [1.29, 1.82) is 0 Å². The Balaban J connectivity index is 1.47. The summed E-state index contributed by atoms with van der Waals surface area (Å²) in [7, 11) is 1.79. The molecule has 1 aliphatic heterocycles. The lowest BCUT2D eigenvalue weighted by Gasteiger charge is -2.26. The molecule has 2 aromatic rings. The molecule has 0 spiro atoms. The molecule has 3 heterocycles. The van der Waals surface area contributed by atoms with E-state index in [1.807, 2.05) is 12.1 Å². The Morgan fingerprint density at radius 2 is 2.12 bits per heavy atom. The highest BCUT2D eigenvalue weighted by atomic mass is 16.5. The van der Waals surface area contributed by atoms with Crippen LogP contribution in [0, 0.1) is 6.92 Å². The molecular formula is C17H26N6O. The van der Waals surface area contributed by atoms with E-state index in [2.05, 4.69) is 49.1 Å². The normalized spacial score (nSPS) is 16.5. The molecule has 7 heteroatoms. The van der Waals surface area contributed by atoms with Crippen molar-refractivity contribution in [1.82, 2.24) is 24.9 Å². The molecule has 24 heavy (non-hydrogen) atoms. The Morgan fingerprint density at radius 3 is 2.88 bits per heavy atom. The summed E-state index contributed by atoms with van der Waals surface area (Å²) in [6, 6.07) is 6.13. The van der Waals surface area contributed by atoms with Crippen molar-refractivity contribution in [2.45, 2.75) is 13.5 Å². The maximum Gasteiger partial charge on any atom is 0.191 e. The number of rotatable bonds is 5. The van der Waals surface area contributed by atoms with Gasteiger partial charge in [0, 0.05) is 45.1 Å². The number of aromatic nitrogens is 2. The van der Waals surface area contributed by atoms with Gasteiger partial charge in [0.25, 0.3) is 0 Å². The average Bonchev–Trinajstić information content (AvgIpc) is 3.03. The third-order valence-corrected chi connectivity index (χ3v) is 4.23. The fourth-order valence-electron chi connectivity index (χ4n) is 2.84. The number of ether oxygens (including phenoxy) is 1. The average molecular weight is 330 g/mol. The van der Waals surface area contributed by atoms with E-state index in [1.165, 1.54) is 5.69 Å². The zero-order chi connectivity index (χ0) is 16.8. The van der Waals surface area contributed by atoms with Crippen molar-refractivity contribution in [2.75, 3.05) is 46.4 Å². The van der Waals surface area contributed by atoms with Gasteiger partial charge in [0.2, 0.25) is 0 Å². The first-order valence-electron chi connectivity index (χ1n) is 8.44. The van der Waals surface area contributed by atoms with Crippen LogP contribution in [0.3, 0.4) is 0 Å². The first-order chi connectivity index (χ1) is 11.8. The topological polar surface area (TPSA) is 66.2 Å². The molecule has 7 nitrogen and oxygen atoms in total. The van der Waals surface area contributed by atoms with Crippen molar-refractivity contribution in [3.05, 3.63) is 35.8 Å². The Bertz CT molecular complexity index is 689. The SMILES string of the molecule is CN=C(NCCN1CCOCC1)NCc1cn2c(C)cccc2n1. The third-order valence-electron chi connectivity index (χ3n) is 4.23. The van der Waals surface area contributed by atoms with E-state index in [9.17, 15) is 0 Å². The number of aryl methyl sites for hydroxylation is 1. The van der Waals surface area contributed by atoms with Gasteiger partial charge in [0.15, 0.2) is 5.96 Å². The van der Waals surface area contributed by atoms with Gasteiger partial charge in [-0.25, -0.2) is 4.98 Å². The van der Waals surface area contributed by atoms with E-state index in [4.69, 9.17) is 4.74 Å². The second-order valence-corrected chi connectivity index (χ2v) is 5.93. The largest absolute Gasteiger partial charge is 0.379 e. The monoisotopic (exact) mass is 330 g/mol. The second kappa shape index (κ2) is 8.12. The van der Waals surface area contributed by atoms with Crippen molar-refractivity contribution >= 4 is 11.6 Å². The standard InChI is InChI=1S/C17H26N6O/c1-14-4-3-5-16-21-15(13-23(14)16)12-20-17(18-2)19-6-7-22-8-10-24-11-9-22/h3-5,13H,6-12H2,1-2H3,(H2,18,19,20). The van der Waals surface area contributed by atoms with Crippen LogP contribution in [0.15, 0.2) is 29.4 Å². The maximum atomic E-state index is 5.36. The van der Waals surface area contributed by atoms with Crippen LogP contribution in [0.1, 0.15) is 11.4 Å². The molecule has 1 saturated heterocycles. The number of hydrogen-bond acceptors (Lipinski definition) is 4. The molecule has 0 atom stereocenters. The summed E-state index contributed by atoms with van der Waals surface area (Å²) in [5, 5.41) is 6.68. The predicted molar refractivity (Wildman–Crippen MR) is 95.4 cm³/mol. The van der Waals surface area contributed by atoms with Crippen LogP contribution in [0.25, 0.3) is 5.65 Å². The van der Waals surface area contributed by atoms with Crippen LogP contribution in [0.2, 0.25) is 0 Å². The first-order valence-corrected chi connectivity index (χ1v) is 8.44. The number of nitrogens with one attached hydrogen (secondary N) is 2. The van der Waals surface area contributed by atoms with Crippen LogP contribution >= 0.6 is 0 Å². The lowest BCUT2D eigenvalue weighted by molar-refractivity contribution is 0.0389. The number of morpholine rings is 1. The highest BCUT2D eigenvalue weighted by molar-refractivity contribution is 5.79. The molecule has 2 aromatic heterocycles. The summed E-state index contributed by atoms with van der Waals surface area (Å²) >= 11 is 0. The summed E-state index contributed by atoms with van der Waals surface area (Å²) in [5.41, 5.74) is 3.15. The molecule has 2 N–H and O–H groups in total. The van der Waals surface area contributed by atoms with Gasteiger partial charge in [0.1, 0.15) is 5.65 Å². The van der Waals surface area contributed by atoms with Crippen LogP contribution in [-0.4, -0.2) is 66.7 Å². The summed E-state index contributed by atoms with van der Waals surface area (Å²) in [6.45, 7) is 8.28. The molecule has 0 unspecified atom stereocenters. The molecule has 0 saturated carbocycles. The third kappa shape index (κ3) is 4.24. The minimum absolute atomic E-state index is 0.651. The van der Waals surface area contributed by atoms with Crippen LogP contribution in [-0.2, 0) is 11.3 Å². The van der Waals surface area contributed by atoms with Crippen molar-refractivity contribution in [3.8, 4) is 0 Å². The van der Waals surface area contributed by atoms with E-state index in [1.54, 1.807) is 7.05 Å². The Hall–Kier alpha value is -2.12. The zero-order valence-electron chi connectivity index (χ0n) is 14.5. The van der Waals surface area contributed by atoms with Gasteiger partial charge in [-0.05, 0) is 19.1 Å². The van der Waals surface area contributed by atoms with E-state index >= 15 is 0 Å². The van der Waals surface area contributed by atoms with Crippen molar-refractivity contribution in [2.24, 2.45) is 4.99 Å².